The number of hydrogen-bond donors (Lipinski definition) is 3. The van der Waals surface area contributed by atoms with E-state index >= 15 is 0 Å². The Morgan fingerprint density at radius 2 is 1.86 bits per heavy atom. The lowest BCUT2D eigenvalue weighted by Gasteiger charge is -2.14. The number of guanidine groups is 1. The first kappa shape index (κ1) is 20.3. The summed E-state index contributed by atoms with van der Waals surface area (Å²) in [6, 6.07) is 18.5. The number of nitrogens with one attached hydrogen (secondary N) is 2. The maximum absolute atomic E-state index is 10.6. The Balaban J connectivity index is 1.59. The molecule has 0 aliphatic heterocycles. The van der Waals surface area contributed by atoms with Crippen molar-refractivity contribution in [2.45, 2.75) is 26.2 Å². The zero-order chi connectivity index (χ0) is 19.8. The molecule has 3 N–H and O–H groups in total. The van der Waals surface area contributed by atoms with Crippen LogP contribution in [0, 0.1) is 0 Å². The molecule has 2 aromatic carbocycles. The molecule has 1 unspecified atom stereocenters. The monoisotopic (exact) mass is 397 g/mol. The minimum Gasteiger partial charge on any atom is -0.386 e. The van der Waals surface area contributed by atoms with Crippen molar-refractivity contribution in [1.29, 1.82) is 0 Å². The lowest BCUT2D eigenvalue weighted by molar-refractivity contribution is 0.184. The van der Waals surface area contributed by atoms with Gasteiger partial charge < -0.3 is 20.5 Å². The van der Waals surface area contributed by atoms with E-state index in [-0.39, 0.29) is 0 Å². The number of methoxy groups -OCH3 is 1. The van der Waals surface area contributed by atoms with E-state index < -0.39 is 6.10 Å². The highest BCUT2D eigenvalue weighted by molar-refractivity contribution is 7.19. The summed E-state index contributed by atoms with van der Waals surface area (Å²) in [6.07, 6.45) is -0.574. The van der Waals surface area contributed by atoms with Gasteiger partial charge in [-0.3, -0.25) is 0 Å². The van der Waals surface area contributed by atoms with Crippen molar-refractivity contribution < 1.29 is 9.84 Å². The Morgan fingerprint density at radius 3 is 2.57 bits per heavy atom. The molecular formula is C22H27N3O2S. The number of benzene rings is 2. The molecule has 1 atom stereocenters. The van der Waals surface area contributed by atoms with Crippen LogP contribution < -0.4 is 10.6 Å². The molecule has 1 aromatic heterocycles. The number of aliphatic hydroxyl groups excluding tert-OH is 1. The average Bonchev–Trinajstić information content (AvgIpc) is 3.15. The molecule has 0 saturated carbocycles. The summed E-state index contributed by atoms with van der Waals surface area (Å²) in [7, 11) is 1.69. The lowest BCUT2D eigenvalue weighted by Crippen LogP contribution is -2.39. The maximum atomic E-state index is 10.6. The SMILES string of the molecule is CCNC(=NCc1ccc(COC)cc1)NCC(O)c1cc2ccccc2s1. The van der Waals surface area contributed by atoms with Crippen molar-refractivity contribution in [2.75, 3.05) is 20.2 Å². The van der Waals surface area contributed by atoms with Crippen molar-refractivity contribution in [3.05, 3.63) is 70.6 Å². The number of rotatable bonds is 8. The number of hydrogen-bond acceptors (Lipinski definition) is 4. The number of nitrogens with zero attached hydrogens (tertiary/aromatic N) is 1. The van der Waals surface area contributed by atoms with Crippen LogP contribution in [0.15, 0.2) is 59.6 Å². The second kappa shape index (κ2) is 10.2. The molecule has 6 heteroatoms. The van der Waals surface area contributed by atoms with Gasteiger partial charge in [-0.2, -0.15) is 0 Å². The van der Waals surface area contributed by atoms with E-state index in [9.17, 15) is 5.11 Å². The molecule has 148 valence electrons. The largest absolute Gasteiger partial charge is 0.386 e. The second-order valence-electron chi connectivity index (χ2n) is 6.53. The smallest absolute Gasteiger partial charge is 0.191 e. The van der Waals surface area contributed by atoms with Gasteiger partial charge in [0.1, 0.15) is 6.10 Å². The van der Waals surface area contributed by atoms with E-state index in [0.717, 1.165) is 22.5 Å². The van der Waals surface area contributed by atoms with Crippen LogP contribution in [0.4, 0.5) is 0 Å². The quantitative estimate of drug-likeness (QED) is 0.399. The van der Waals surface area contributed by atoms with Gasteiger partial charge in [0.25, 0.3) is 0 Å². The zero-order valence-corrected chi connectivity index (χ0v) is 17.1. The fraction of sp³-hybridized carbons (Fsp3) is 0.318. The molecule has 1 heterocycles. The third-order valence-electron chi connectivity index (χ3n) is 4.33. The minimum atomic E-state index is -0.574. The Bertz CT molecular complexity index is 873. The second-order valence-corrected chi connectivity index (χ2v) is 7.64. The molecule has 0 aliphatic rings. The van der Waals surface area contributed by atoms with Gasteiger partial charge in [0.05, 0.1) is 13.2 Å². The van der Waals surface area contributed by atoms with Crippen LogP contribution in [-0.4, -0.2) is 31.3 Å². The first-order chi connectivity index (χ1) is 13.7. The van der Waals surface area contributed by atoms with Crippen molar-refractivity contribution in [3.63, 3.8) is 0 Å². The van der Waals surface area contributed by atoms with E-state index in [1.54, 1.807) is 18.4 Å². The predicted molar refractivity (Wildman–Crippen MR) is 117 cm³/mol. The molecule has 5 nitrogen and oxygen atoms in total. The van der Waals surface area contributed by atoms with E-state index in [2.05, 4.69) is 58.1 Å². The fourth-order valence-electron chi connectivity index (χ4n) is 2.88. The summed E-state index contributed by atoms with van der Waals surface area (Å²) >= 11 is 1.63. The van der Waals surface area contributed by atoms with Gasteiger partial charge in [-0.15, -0.1) is 11.3 Å². The van der Waals surface area contributed by atoms with Crippen LogP contribution in [-0.2, 0) is 17.9 Å². The summed E-state index contributed by atoms with van der Waals surface area (Å²) in [6.45, 7) is 4.38. The Hall–Kier alpha value is -2.41. The molecule has 0 amide bonds. The highest BCUT2D eigenvalue weighted by Crippen LogP contribution is 2.29. The highest BCUT2D eigenvalue weighted by Gasteiger charge is 2.12. The van der Waals surface area contributed by atoms with Crippen LogP contribution >= 0.6 is 11.3 Å². The van der Waals surface area contributed by atoms with Crippen molar-refractivity contribution in [1.82, 2.24) is 10.6 Å². The van der Waals surface area contributed by atoms with Gasteiger partial charge in [0.2, 0.25) is 0 Å². The number of fused-ring (bicyclic) bond motifs is 1. The molecule has 0 bridgehead atoms. The van der Waals surface area contributed by atoms with E-state index in [0.29, 0.717) is 25.7 Å². The Kier molecular flexibility index (Phi) is 7.42. The Morgan fingerprint density at radius 1 is 1.11 bits per heavy atom. The van der Waals surface area contributed by atoms with Gasteiger partial charge in [0, 0.05) is 29.8 Å². The van der Waals surface area contributed by atoms with Crippen molar-refractivity contribution in [3.8, 4) is 0 Å². The fourth-order valence-corrected chi connectivity index (χ4v) is 3.93. The van der Waals surface area contributed by atoms with Gasteiger partial charge in [-0.25, -0.2) is 4.99 Å². The van der Waals surface area contributed by atoms with E-state index in [4.69, 9.17) is 4.74 Å². The van der Waals surface area contributed by atoms with Gasteiger partial charge in [0.15, 0.2) is 5.96 Å². The molecule has 0 radical (unpaired) electrons. The van der Waals surface area contributed by atoms with Gasteiger partial charge in [-0.1, -0.05) is 42.5 Å². The number of ether oxygens (including phenoxy) is 1. The standard InChI is InChI=1S/C22H27N3O2S/c1-3-23-22(24-13-16-8-10-17(11-9-16)15-27-2)25-14-19(26)21-12-18-6-4-5-7-20(18)28-21/h4-12,19,26H,3,13-15H2,1-2H3,(H2,23,24,25). The normalized spacial score (nSPS) is 12.9. The molecule has 28 heavy (non-hydrogen) atoms. The third kappa shape index (κ3) is 5.55. The van der Waals surface area contributed by atoms with Crippen LogP contribution in [0.1, 0.15) is 29.0 Å². The molecule has 0 fully saturated rings. The lowest BCUT2D eigenvalue weighted by atomic mass is 10.1. The number of thiophene rings is 1. The molecule has 3 rings (SSSR count). The summed E-state index contributed by atoms with van der Waals surface area (Å²) < 4.78 is 6.33. The summed E-state index contributed by atoms with van der Waals surface area (Å²) in [5.74, 6) is 0.698. The first-order valence-corrected chi connectivity index (χ1v) is 10.3. The number of aliphatic hydroxyl groups is 1. The highest BCUT2D eigenvalue weighted by atomic mass is 32.1. The van der Waals surface area contributed by atoms with Gasteiger partial charge in [-0.05, 0) is 35.6 Å². The van der Waals surface area contributed by atoms with Gasteiger partial charge >= 0.3 is 0 Å². The topological polar surface area (TPSA) is 65.9 Å². The summed E-state index contributed by atoms with van der Waals surface area (Å²) in [5, 5.41) is 18.2. The van der Waals surface area contributed by atoms with Crippen molar-refractivity contribution in [2.24, 2.45) is 4.99 Å². The molecule has 0 saturated heterocycles. The molecule has 3 aromatic rings. The first-order valence-electron chi connectivity index (χ1n) is 9.45. The molecule has 0 aliphatic carbocycles. The van der Waals surface area contributed by atoms with Crippen LogP contribution in [0.25, 0.3) is 10.1 Å². The van der Waals surface area contributed by atoms with E-state index in [1.807, 2.05) is 19.1 Å². The summed E-state index contributed by atoms with van der Waals surface area (Å²) in [4.78, 5) is 5.58. The van der Waals surface area contributed by atoms with Crippen LogP contribution in [0.5, 0.6) is 0 Å². The van der Waals surface area contributed by atoms with Crippen LogP contribution in [0.2, 0.25) is 0 Å². The Labute approximate surface area is 170 Å². The maximum Gasteiger partial charge on any atom is 0.191 e. The predicted octanol–water partition coefficient (Wildman–Crippen LogP) is 3.84. The summed E-state index contributed by atoms with van der Waals surface area (Å²) in [5.41, 5.74) is 2.27. The van der Waals surface area contributed by atoms with Crippen LogP contribution in [0.3, 0.4) is 0 Å². The average molecular weight is 398 g/mol. The minimum absolute atomic E-state index is 0.408. The zero-order valence-electron chi connectivity index (χ0n) is 16.3. The third-order valence-corrected chi connectivity index (χ3v) is 5.55. The van der Waals surface area contributed by atoms with E-state index in [1.165, 1.54) is 10.1 Å². The number of aliphatic imine (C=N–C) groups is 1. The van der Waals surface area contributed by atoms with Crippen molar-refractivity contribution >= 4 is 27.4 Å². The molecule has 0 spiro atoms. The molecular weight excluding hydrogens is 370 g/mol.